The molecule has 1 aliphatic heterocycles. The maximum Gasteiger partial charge on any atom is 0.318 e. The van der Waals surface area contributed by atoms with Gasteiger partial charge in [0.25, 0.3) is 11.4 Å². The zero-order valence-electron chi connectivity index (χ0n) is 9.14. The van der Waals surface area contributed by atoms with E-state index in [1.165, 1.54) is 0 Å². The monoisotopic (exact) mass is 267 g/mol. The molecule has 0 amide bonds. The first-order valence-electron chi connectivity index (χ1n) is 4.84. The maximum atomic E-state index is 10.8. The average molecular weight is 267 g/mol. The molecule has 1 aromatic rings. The summed E-state index contributed by atoms with van der Waals surface area (Å²) in [5.41, 5.74) is -1.51. The Bertz CT molecular complexity index is 637. The lowest BCUT2D eigenvalue weighted by Crippen LogP contribution is -2.14. The van der Waals surface area contributed by atoms with Crippen molar-refractivity contribution in [3.8, 4) is 5.75 Å². The minimum Gasteiger partial charge on any atom is -0.475 e. The molecule has 10 nitrogen and oxygen atoms in total. The summed E-state index contributed by atoms with van der Waals surface area (Å²) in [6.45, 7) is -0.432. The number of non-ortho nitro benzene ring substituents is 1. The van der Waals surface area contributed by atoms with Crippen molar-refractivity contribution in [1.29, 1.82) is 0 Å². The molecule has 0 radical (unpaired) electrons. The van der Waals surface area contributed by atoms with Crippen LogP contribution in [0.15, 0.2) is 17.8 Å². The van der Waals surface area contributed by atoms with Crippen molar-refractivity contribution >= 4 is 17.5 Å². The molecule has 10 heteroatoms. The van der Waals surface area contributed by atoms with E-state index < -0.39 is 32.8 Å². The van der Waals surface area contributed by atoms with Gasteiger partial charge < -0.3 is 4.74 Å². The van der Waals surface area contributed by atoms with Crippen LogP contribution in [-0.2, 0) is 0 Å². The number of hydrogen-bond donors (Lipinski definition) is 0. The number of benzene rings is 1. The van der Waals surface area contributed by atoms with Crippen molar-refractivity contribution in [2.24, 2.45) is 0 Å². The van der Waals surface area contributed by atoms with Crippen molar-refractivity contribution < 1.29 is 19.5 Å². The molecule has 0 spiro atoms. The molecule has 0 fully saturated rings. The Hall–Kier alpha value is -3.04. The molecule has 0 bridgehead atoms. The van der Waals surface area contributed by atoms with Crippen LogP contribution < -0.4 is 4.74 Å². The molecular weight excluding hydrogens is 262 g/mol. The Morgan fingerprint density at radius 1 is 1.00 bits per heavy atom. The lowest BCUT2D eigenvalue weighted by atomic mass is 10.1. The lowest BCUT2D eigenvalue weighted by Gasteiger charge is -2.12. The van der Waals surface area contributed by atoms with Crippen LogP contribution in [0.25, 0.3) is 6.08 Å². The fraction of sp³-hybridized carbons (Fsp3) is 0.111. The number of nitro groups is 3. The maximum absolute atomic E-state index is 10.8. The van der Waals surface area contributed by atoms with Crippen molar-refractivity contribution in [2.75, 3.05) is 6.61 Å². The Morgan fingerprint density at radius 3 is 2.21 bits per heavy atom. The Kier molecular flexibility index (Phi) is 2.83. The molecule has 98 valence electrons. The van der Waals surface area contributed by atoms with Crippen molar-refractivity contribution in [1.82, 2.24) is 0 Å². The van der Waals surface area contributed by atoms with Gasteiger partial charge in [-0.15, -0.1) is 0 Å². The molecule has 1 aliphatic rings. The Balaban J connectivity index is 2.66. The molecule has 0 saturated carbocycles. The lowest BCUT2D eigenvalue weighted by molar-refractivity contribution is -0.428. The predicted octanol–water partition coefficient (Wildman–Crippen LogP) is 1.51. The predicted molar refractivity (Wildman–Crippen MR) is 60.2 cm³/mol. The van der Waals surface area contributed by atoms with E-state index in [1.54, 1.807) is 0 Å². The summed E-state index contributed by atoms with van der Waals surface area (Å²) in [5.74, 6) is -0.207. The molecular formula is C9H5N3O7. The number of hydrogen-bond acceptors (Lipinski definition) is 7. The van der Waals surface area contributed by atoms with E-state index in [2.05, 4.69) is 0 Å². The zero-order chi connectivity index (χ0) is 14.2. The van der Waals surface area contributed by atoms with Crippen LogP contribution in [0.3, 0.4) is 0 Å². The molecule has 0 atom stereocenters. The second-order valence-corrected chi connectivity index (χ2v) is 3.58. The summed E-state index contributed by atoms with van der Waals surface area (Å²) < 4.78 is 4.95. The summed E-state index contributed by atoms with van der Waals surface area (Å²) in [7, 11) is 0. The van der Waals surface area contributed by atoms with E-state index in [1.807, 2.05) is 0 Å². The van der Waals surface area contributed by atoms with Crippen LogP contribution in [0.2, 0.25) is 0 Å². The third kappa shape index (κ3) is 2.18. The van der Waals surface area contributed by atoms with E-state index in [-0.39, 0.29) is 17.0 Å². The van der Waals surface area contributed by atoms with Gasteiger partial charge >= 0.3 is 5.69 Å². The molecule has 2 rings (SSSR count). The van der Waals surface area contributed by atoms with E-state index >= 15 is 0 Å². The van der Waals surface area contributed by atoms with E-state index in [9.17, 15) is 30.3 Å². The molecule has 19 heavy (non-hydrogen) atoms. The van der Waals surface area contributed by atoms with Crippen LogP contribution in [-0.4, -0.2) is 21.4 Å². The number of rotatable bonds is 3. The zero-order valence-corrected chi connectivity index (χ0v) is 9.14. The summed E-state index contributed by atoms with van der Waals surface area (Å²) >= 11 is 0. The van der Waals surface area contributed by atoms with Gasteiger partial charge in [0.2, 0.25) is 5.75 Å². The SMILES string of the molecule is O=[N+]([O-])C1=Cc2cc([N+](=O)[O-])cc([N+](=O)[O-])c2OC1. The molecule has 1 aromatic carbocycles. The van der Waals surface area contributed by atoms with E-state index in [0.717, 1.165) is 18.2 Å². The highest BCUT2D eigenvalue weighted by Crippen LogP contribution is 2.38. The quantitative estimate of drug-likeness (QED) is 0.597. The number of nitro benzene ring substituents is 2. The smallest absolute Gasteiger partial charge is 0.318 e. The normalized spacial score (nSPS) is 12.9. The van der Waals surface area contributed by atoms with Gasteiger partial charge in [-0.05, 0) is 0 Å². The number of nitrogens with zero attached hydrogens (tertiary/aromatic N) is 3. The summed E-state index contributed by atoms with van der Waals surface area (Å²) in [4.78, 5) is 29.7. The van der Waals surface area contributed by atoms with Gasteiger partial charge in [-0.25, -0.2) is 0 Å². The second kappa shape index (κ2) is 4.33. The van der Waals surface area contributed by atoms with Gasteiger partial charge in [0.15, 0.2) is 6.61 Å². The fourth-order valence-corrected chi connectivity index (χ4v) is 1.60. The van der Waals surface area contributed by atoms with Crippen LogP contribution in [0.4, 0.5) is 11.4 Å². The van der Waals surface area contributed by atoms with Gasteiger partial charge in [0.05, 0.1) is 20.8 Å². The van der Waals surface area contributed by atoms with Gasteiger partial charge in [-0.3, -0.25) is 30.3 Å². The molecule has 0 aliphatic carbocycles. The Labute approximate surface area is 104 Å². The first kappa shape index (κ1) is 12.4. The van der Waals surface area contributed by atoms with Gasteiger partial charge in [-0.2, -0.15) is 0 Å². The van der Waals surface area contributed by atoms with Gasteiger partial charge in [-0.1, -0.05) is 0 Å². The number of ether oxygens (including phenoxy) is 1. The average Bonchev–Trinajstić information content (AvgIpc) is 2.36. The summed E-state index contributed by atoms with van der Waals surface area (Å²) in [6.07, 6.45) is 1.03. The standard InChI is InChI=1S/C9H5N3O7/c13-10(14)6-1-5-2-7(11(15)16)4-19-9(5)8(3-6)12(17)18/h1-3H,4H2. The molecule has 0 aromatic heterocycles. The third-order valence-corrected chi connectivity index (χ3v) is 2.41. The van der Waals surface area contributed by atoms with Crippen LogP contribution in [0, 0.1) is 30.3 Å². The highest BCUT2D eigenvalue weighted by atomic mass is 16.6. The minimum atomic E-state index is -0.836. The van der Waals surface area contributed by atoms with E-state index in [4.69, 9.17) is 4.74 Å². The highest BCUT2D eigenvalue weighted by molar-refractivity contribution is 5.71. The van der Waals surface area contributed by atoms with Gasteiger partial charge in [0, 0.05) is 17.7 Å². The summed E-state index contributed by atoms with van der Waals surface area (Å²) in [6, 6.07) is 1.74. The van der Waals surface area contributed by atoms with Gasteiger partial charge in [0.1, 0.15) is 0 Å². The minimum absolute atomic E-state index is 0.0566. The summed E-state index contributed by atoms with van der Waals surface area (Å²) in [5, 5.41) is 32.1. The fourth-order valence-electron chi connectivity index (χ4n) is 1.60. The first-order valence-corrected chi connectivity index (χ1v) is 4.84. The van der Waals surface area contributed by atoms with Crippen LogP contribution >= 0.6 is 0 Å². The van der Waals surface area contributed by atoms with Crippen molar-refractivity contribution in [3.05, 3.63) is 53.7 Å². The Morgan fingerprint density at radius 2 is 1.68 bits per heavy atom. The first-order chi connectivity index (χ1) is 8.90. The van der Waals surface area contributed by atoms with Crippen LogP contribution in [0.5, 0.6) is 5.75 Å². The third-order valence-electron chi connectivity index (χ3n) is 2.41. The molecule has 0 N–H and O–H groups in total. The molecule has 0 saturated heterocycles. The number of fused-ring (bicyclic) bond motifs is 1. The second-order valence-electron chi connectivity index (χ2n) is 3.58. The largest absolute Gasteiger partial charge is 0.475 e. The van der Waals surface area contributed by atoms with Crippen molar-refractivity contribution in [2.45, 2.75) is 0 Å². The van der Waals surface area contributed by atoms with Crippen LogP contribution in [0.1, 0.15) is 5.56 Å². The molecule has 1 heterocycles. The molecule has 0 unspecified atom stereocenters. The van der Waals surface area contributed by atoms with Crippen molar-refractivity contribution in [3.63, 3.8) is 0 Å². The highest BCUT2D eigenvalue weighted by Gasteiger charge is 2.30. The topological polar surface area (TPSA) is 139 Å². The van der Waals surface area contributed by atoms with E-state index in [0.29, 0.717) is 0 Å².